The van der Waals surface area contributed by atoms with E-state index in [1.54, 1.807) is 0 Å². The predicted molar refractivity (Wildman–Crippen MR) is 40.1 cm³/mol. The van der Waals surface area contributed by atoms with Gasteiger partial charge in [0.15, 0.2) is 1.41 Å². The van der Waals surface area contributed by atoms with Gasteiger partial charge in [-0.2, -0.15) is 0 Å². The van der Waals surface area contributed by atoms with E-state index in [0.717, 1.165) is 0 Å². The SMILES string of the molecule is [2H]N(C(=O)C([2H])([2H])C([2H])(C)C([2H])([2H])[2H])C([2H])([2H])C(=O)O. The standard InChI is InChI=1S/C7H13NO3/c1-5(2)3-6(9)8-4-7(10)11/h5H,3-4H2,1-2H3,(H,8,9)(H,10,11)/i1D3,3D2,4D2,5D/hD. The zero-order valence-corrected chi connectivity index (χ0v) is 5.71. The average molecular weight is 168 g/mol. The molecular weight excluding hydrogens is 146 g/mol. The van der Waals surface area contributed by atoms with Gasteiger partial charge in [0.25, 0.3) is 0 Å². The molecule has 0 fully saturated rings. The summed E-state index contributed by atoms with van der Waals surface area (Å²) in [5.41, 5.74) is 0. The maximum absolute atomic E-state index is 11.7. The number of nitrogens with one attached hydrogen (secondary N) is 1. The second-order valence-electron chi connectivity index (χ2n) is 1.58. The molecule has 1 unspecified atom stereocenters. The number of carbonyl (C=O) groups is 2. The van der Waals surface area contributed by atoms with Gasteiger partial charge in [-0.05, 0) is 5.89 Å². The molecule has 0 aliphatic heterocycles. The molecule has 1 amide bonds. The second kappa shape index (κ2) is 4.71. The Morgan fingerprint density at radius 3 is 3.09 bits per heavy atom. The fourth-order valence-electron chi connectivity index (χ4n) is 0.287. The third kappa shape index (κ3) is 6.83. The number of hydrogen-bond acceptors (Lipinski definition) is 2. The first kappa shape index (κ1) is 2.47. The molecule has 1 atom stereocenters. The van der Waals surface area contributed by atoms with Crippen LogP contribution >= 0.6 is 0 Å². The van der Waals surface area contributed by atoms with Gasteiger partial charge >= 0.3 is 5.97 Å². The molecule has 0 saturated carbocycles. The van der Waals surface area contributed by atoms with E-state index in [0.29, 0.717) is 6.92 Å². The molecule has 2 N–H and O–H groups in total. The number of carboxylic acids is 1. The molecule has 0 aromatic carbocycles. The fourth-order valence-corrected chi connectivity index (χ4v) is 0.287. The van der Waals surface area contributed by atoms with Gasteiger partial charge in [0.2, 0.25) is 5.91 Å². The van der Waals surface area contributed by atoms with Crippen molar-refractivity contribution in [2.75, 3.05) is 6.50 Å². The number of rotatable bonds is 4. The summed E-state index contributed by atoms with van der Waals surface area (Å²) in [6, 6.07) is 0. The highest BCUT2D eigenvalue weighted by Gasteiger charge is 2.05. The number of carbonyl (C=O) groups excluding carboxylic acids is 1. The van der Waals surface area contributed by atoms with Crippen LogP contribution in [0.3, 0.4) is 0 Å². The zero-order chi connectivity index (χ0) is 16.7. The Bertz CT molecular complexity index is 416. The monoisotopic (exact) mass is 168 g/mol. The summed E-state index contributed by atoms with van der Waals surface area (Å²) < 4.78 is 64.4. The number of aliphatic carboxylic acids is 1. The summed E-state index contributed by atoms with van der Waals surface area (Å²) in [5, 5.41) is 7.71. The Balaban J connectivity index is 5.66. The lowest BCUT2D eigenvalue weighted by atomic mass is 10.1. The molecule has 0 heterocycles. The van der Waals surface area contributed by atoms with Crippen LogP contribution in [-0.4, -0.2) is 23.5 Å². The van der Waals surface area contributed by atoms with E-state index in [2.05, 4.69) is 0 Å². The molecule has 0 radical (unpaired) electrons. The lowest BCUT2D eigenvalue weighted by Crippen LogP contribution is -2.29. The predicted octanol–water partition coefficient (Wildman–Crippen LogP) is 0.233. The molecule has 0 rings (SSSR count). The third-order valence-corrected chi connectivity index (χ3v) is 0.548. The van der Waals surface area contributed by atoms with Gasteiger partial charge in [0.1, 0.15) is 6.50 Å². The van der Waals surface area contributed by atoms with Crippen molar-refractivity contribution < 1.29 is 27.1 Å². The molecule has 0 spiro atoms. The molecule has 4 heteroatoms. The minimum Gasteiger partial charge on any atom is -0.480 e. The van der Waals surface area contributed by atoms with Crippen LogP contribution in [0.25, 0.3) is 0 Å². The molecule has 0 aliphatic carbocycles. The molecule has 0 bridgehead atoms. The first-order valence-electron chi connectivity index (χ1n) is 7.03. The summed E-state index contributed by atoms with van der Waals surface area (Å²) in [4.78, 5) is 22.3. The Labute approximate surface area is 78.3 Å². The summed E-state index contributed by atoms with van der Waals surface area (Å²) in [6.07, 6.45) is -3.50. The number of carboxylic acid groups (broad SMARTS) is 1. The van der Waals surface area contributed by atoms with Crippen molar-refractivity contribution in [2.24, 2.45) is 5.89 Å². The fraction of sp³-hybridized carbons (Fsp3) is 0.714. The van der Waals surface area contributed by atoms with Crippen molar-refractivity contribution in [2.45, 2.75) is 20.1 Å². The van der Waals surface area contributed by atoms with Crippen molar-refractivity contribution in [3.63, 3.8) is 0 Å². The quantitative estimate of drug-likeness (QED) is 0.631. The van der Waals surface area contributed by atoms with Crippen LogP contribution in [0.15, 0.2) is 0 Å². The van der Waals surface area contributed by atoms with Gasteiger partial charge in [-0.1, -0.05) is 13.8 Å². The van der Waals surface area contributed by atoms with Crippen LogP contribution in [0, 0.1) is 5.89 Å². The van der Waals surface area contributed by atoms with Crippen LogP contribution < -0.4 is 5.31 Å². The molecular formula is C7H13NO3. The Morgan fingerprint density at radius 1 is 2.00 bits per heavy atom. The topological polar surface area (TPSA) is 66.4 Å². The van der Waals surface area contributed by atoms with Crippen LogP contribution in [0.5, 0.6) is 0 Å². The van der Waals surface area contributed by atoms with Gasteiger partial charge in [0, 0.05) is 14.6 Å². The van der Waals surface area contributed by atoms with Crippen LogP contribution in [0.1, 0.15) is 31.1 Å². The lowest BCUT2D eigenvalue weighted by Gasteiger charge is -2.03. The Kier molecular flexibility index (Phi) is 1.06. The molecule has 0 aromatic heterocycles. The Hall–Kier alpha value is -1.06. The van der Waals surface area contributed by atoms with Crippen molar-refractivity contribution in [1.82, 2.24) is 5.31 Å². The highest BCUT2D eigenvalue weighted by atomic mass is 16.4. The van der Waals surface area contributed by atoms with Crippen LogP contribution in [0.2, 0.25) is 1.41 Å². The second-order valence-corrected chi connectivity index (χ2v) is 1.58. The van der Waals surface area contributed by atoms with E-state index in [9.17, 15) is 9.59 Å². The van der Waals surface area contributed by atoms with Crippen LogP contribution in [-0.2, 0) is 9.59 Å². The molecule has 64 valence electrons. The lowest BCUT2D eigenvalue weighted by molar-refractivity contribution is -0.138. The molecule has 0 saturated heterocycles. The van der Waals surface area contributed by atoms with E-state index in [-0.39, 0.29) is 0 Å². The molecule has 0 aromatic rings. The number of hydrogen-bond donors (Lipinski definition) is 2. The van der Waals surface area contributed by atoms with E-state index in [1.807, 2.05) is 0 Å². The van der Waals surface area contributed by atoms with E-state index >= 15 is 0 Å². The summed E-state index contributed by atoms with van der Waals surface area (Å²) in [6.45, 7) is -6.22. The van der Waals surface area contributed by atoms with Crippen molar-refractivity contribution in [1.29, 1.82) is 0 Å². The van der Waals surface area contributed by atoms with Gasteiger partial charge in [-0.25, -0.2) is 0 Å². The normalized spacial score (nSPS) is 30.8. The third-order valence-electron chi connectivity index (χ3n) is 0.548. The molecule has 4 nitrogen and oxygen atoms in total. The molecule has 11 heavy (non-hydrogen) atoms. The maximum atomic E-state index is 11.7. The Morgan fingerprint density at radius 2 is 2.64 bits per heavy atom. The summed E-state index contributed by atoms with van der Waals surface area (Å²) in [5.74, 6) is -7.29. The first-order chi connectivity index (χ1) is 8.51. The summed E-state index contributed by atoms with van der Waals surface area (Å²) >= 11 is 0. The van der Waals surface area contributed by atoms with Gasteiger partial charge in [-0.3, -0.25) is 9.59 Å². The molecule has 0 aliphatic rings. The van der Waals surface area contributed by atoms with Crippen LogP contribution in [0.4, 0.5) is 0 Å². The smallest absolute Gasteiger partial charge is 0.322 e. The van der Waals surface area contributed by atoms with E-state index in [4.69, 9.17) is 17.5 Å². The van der Waals surface area contributed by atoms with Crippen molar-refractivity contribution >= 4 is 11.9 Å². The minimum atomic E-state index is -3.56. The van der Waals surface area contributed by atoms with Gasteiger partial charge in [-0.15, -0.1) is 0 Å². The highest BCUT2D eigenvalue weighted by molar-refractivity contribution is 5.81. The highest BCUT2D eigenvalue weighted by Crippen LogP contribution is 1.97. The zero-order valence-electron chi connectivity index (χ0n) is 14.7. The van der Waals surface area contributed by atoms with E-state index in [1.165, 1.54) is 0 Å². The van der Waals surface area contributed by atoms with Gasteiger partial charge in [0.05, 0.1) is 2.74 Å². The largest absolute Gasteiger partial charge is 0.480 e. The van der Waals surface area contributed by atoms with Crippen molar-refractivity contribution in [3.8, 4) is 0 Å². The number of amides is 1. The first-order valence-corrected chi connectivity index (χ1v) is 2.58. The van der Waals surface area contributed by atoms with Gasteiger partial charge < -0.3 is 10.4 Å². The minimum absolute atomic E-state index is 0.585. The maximum Gasteiger partial charge on any atom is 0.322 e. The summed E-state index contributed by atoms with van der Waals surface area (Å²) in [7, 11) is 0. The average Bonchev–Trinajstić information content (AvgIpc) is 2.24. The van der Waals surface area contributed by atoms with Crippen molar-refractivity contribution in [3.05, 3.63) is 0 Å². The van der Waals surface area contributed by atoms with E-state index < -0.39 is 42.8 Å².